The van der Waals surface area contributed by atoms with Crippen LogP contribution in [-0.2, 0) is 9.59 Å². The standard InChI is InChI=1S/C25H39ClN2O4/c1-5-6-15-28(23(29)17-26)24(25(30)27-20-11-9-7-8-10-12-20)19-13-14-21(32-18(2)3)22(16-19)31-4/h13-14,16,18,20,24H,5-12,15,17H2,1-4H3,(H,27,30). The number of nitrogens with zero attached hydrogens (tertiary/aromatic N) is 1. The second-order valence-corrected chi connectivity index (χ2v) is 9.02. The van der Waals surface area contributed by atoms with E-state index in [1.54, 1.807) is 18.1 Å². The van der Waals surface area contributed by atoms with Crippen LogP contribution in [0.1, 0.15) is 83.7 Å². The van der Waals surface area contributed by atoms with Crippen LogP contribution in [0.3, 0.4) is 0 Å². The molecular formula is C25H39ClN2O4. The number of carbonyl (C=O) groups is 2. The Morgan fingerprint density at radius 2 is 1.84 bits per heavy atom. The fourth-order valence-electron chi connectivity index (χ4n) is 4.19. The molecule has 1 N–H and O–H groups in total. The number of halogens is 1. The predicted octanol–water partition coefficient (Wildman–Crippen LogP) is 5.23. The molecule has 7 heteroatoms. The van der Waals surface area contributed by atoms with Gasteiger partial charge in [-0.1, -0.05) is 45.1 Å². The van der Waals surface area contributed by atoms with Gasteiger partial charge >= 0.3 is 0 Å². The molecule has 1 fully saturated rings. The summed E-state index contributed by atoms with van der Waals surface area (Å²) in [6.07, 6.45) is 8.28. The number of carbonyl (C=O) groups excluding carboxylic acids is 2. The van der Waals surface area contributed by atoms with Crippen LogP contribution in [0.4, 0.5) is 0 Å². The summed E-state index contributed by atoms with van der Waals surface area (Å²) in [6, 6.07) is 4.83. The Morgan fingerprint density at radius 3 is 2.41 bits per heavy atom. The minimum atomic E-state index is -0.766. The van der Waals surface area contributed by atoms with Gasteiger partial charge in [-0.15, -0.1) is 11.6 Å². The number of nitrogens with one attached hydrogen (secondary N) is 1. The molecule has 2 rings (SSSR count). The number of ether oxygens (including phenoxy) is 2. The molecule has 180 valence electrons. The average Bonchev–Trinajstić information content (AvgIpc) is 3.04. The monoisotopic (exact) mass is 466 g/mol. The molecule has 0 aromatic heterocycles. The third kappa shape index (κ3) is 7.58. The van der Waals surface area contributed by atoms with Crippen molar-refractivity contribution < 1.29 is 19.1 Å². The lowest BCUT2D eigenvalue weighted by Gasteiger charge is -2.32. The quantitative estimate of drug-likeness (QED) is 0.358. The lowest BCUT2D eigenvalue weighted by molar-refractivity contribution is -0.139. The molecule has 0 heterocycles. The summed E-state index contributed by atoms with van der Waals surface area (Å²) in [7, 11) is 1.58. The van der Waals surface area contributed by atoms with Crippen LogP contribution in [0.15, 0.2) is 18.2 Å². The van der Waals surface area contributed by atoms with Crippen LogP contribution < -0.4 is 14.8 Å². The van der Waals surface area contributed by atoms with Crippen molar-refractivity contribution >= 4 is 23.4 Å². The zero-order valence-electron chi connectivity index (χ0n) is 20.0. The maximum absolute atomic E-state index is 13.6. The highest BCUT2D eigenvalue weighted by molar-refractivity contribution is 6.27. The van der Waals surface area contributed by atoms with E-state index in [0.29, 0.717) is 23.6 Å². The number of amides is 2. The van der Waals surface area contributed by atoms with Gasteiger partial charge in [0.1, 0.15) is 11.9 Å². The predicted molar refractivity (Wildman–Crippen MR) is 128 cm³/mol. The number of rotatable bonds is 11. The molecule has 1 aliphatic carbocycles. The van der Waals surface area contributed by atoms with Gasteiger partial charge in [0, 0.05) is 12.6 Å². The molecule has 32 heavy (non-hydrogen) atoms. The highest BCUT2D eigenvalue weighted by atomic mass is 35.5. The number of hydrogen-bond donors (Lipinski definition) is 1. The van der Waals surface area contributed by atoms with Crippen molar-refractivity contribution in [1.82, 2.24) is 10.2 Å². The van der Waals surface area contributed by atoms with Crippen LogP contribution >= 0.6 is 11.6 Å². The Hall–Kier alpha value is -1.95. The Balaban J connectivity index is 2.41. The summed E-state index contributed by atoms with van der Waals surface area (Å²) in [6.45, 7) is 6.42. The van der Waals surface area contributed by atoms with Gasteiger partial charge in [-0.05, 0) is 50.8 Å². The largest absolute Gasteiger partial charge is 0.493 e. The second-order valence-electron chi connectivity index (χ2n) is 8.75. The SMILES string of the molecule is CCCCN(C(=O)CCl)C(C(=O)NC1CCCCCC1)c1ccc(OC(C)C)c(OC)c1. The molecule has 0 spiro atoms. The molecule has 1 atom stereocenters. The van der Waals surface area contributed by atoms with Crippen molar-refractivity contribution in [2.45, 2.75) is 90.3 Å². The zero-order chi connectivity index (χ0) is 23.5. The van der Waals surface area contributed by atoms with Crippen LogP contribution in [0, 0.1) is 0 Å². The molecule has 0 radical (unpaired) electrons. The Labute approximate surface area is 198 Å². The third-order valence-electron chi connectivity index (χ3n) is 5.81. The molecule has 1 aromatic carbocycles. The summed E-state index contributed by atoms with van der Waals surface area (Å²) in [5.41, 5.74) is 0.693. The van der Waals surface area contributed by atoms with Crippen LogP contribution in [0.2, 0.25) is 0 Å². The van der Waals surface area contributed by atoms with E-state index in [1.165, 1.54) is 12.8 Å². The van der Waals surface area contributed by atoms with Gasteiger partial charge < -0.3 is 19.7 Å². The van der Waals surface area contributed by atoms with Gasteiger partial charge in [-0.25, -0.2) is 0 Å². The number of unbranched alkanes of at least 4 members (excludes halogenated alkanes) is 1. The highest BCUT2D eigenvalue weighted by Crippen LogP contribution is 2.34. The van der Waals surface area contributed by atoms with Crippen molar-refractivity contribution in [3.8, 4) is 11.5 Å². The van der Waals surface area contributed by atoms with Crippen LogP contribution in [0.5, 0.6) is 11.5 Å². The minimum Gasteiger partial charge on any atom is -0.493 e. The summed E-state index contributed by atoms with van der Waals surface area (Å²) in [4.78, 5) is 28.0. The number of methoxy groups -OCH3 is 1. The fraction of sp³-hybridized carbons (Fsp3) is 0.680. The maximum Gasteiger partial charge on any atom is 0.247 e. The van der Waals surface area contributed by atoms with Crippen molar-refractivity contribution in [2.75, 3.05) is 19.5 Å². The summed E-state index contributed by atoms with van der Waals surface area (Å²) in [5.74, 6) is 0.576. The van der Waals surface area contributed by atoms with Crippen LogP contribution in [0.25, 0.3) is 0 Å². The first kappa shape index (κ1) is 26.3. The third-order valence-corrected chi connectivity index (χ3v) is 6.04. The fourth-order valence-corrected chi connectivity index (χ4v) is 4.34. The van der Waals surface area contributed by atoms with Gasteiger partial charge in [0.15, 0.2) is 11.5 Å². The summed E-state index contributed by atoms with van der Waals surface area (Å²) >= 11 is 5.95. The lowest BCUT2D eigenvalue weighted by Crippen LogP contribution is -2.47. The normalized spacial score (nSPS) is 15.7. The number of hydrogen-bond acceptors (Lipinski definition) is 4. The number of alkyl halides is 1. The van der Waals surface area contributed by atoms with Crippen molar-refractivity contribution in [3.05, 3.63) is 23.8 Å². The summed E-state index contributed by atoms with van der Waals surface area (Å²) < 4.78 is 11.4. The molecular weight excluding hydrogens is 428 g/mol. The van der Waals surface area contributed by atoms with Crippen LogP contribution in [-0.4, -0.2) is 48.4 Å². The first-order valence-corrected chi connectivity index (χ1v) is 12.4. The van der Waals surface area contributed by atoms with E-state index in [2.05, 4.69) is 12.2 Å². The lowest BCUT2D eigenvalue weighted by atomic mass is 10.0. The van der Waals surface area contributed by atoms with E-state index in [4.69, 9.17) is 21.1 Å². The number of benzene rings is 1. The highest BCUT2D eigenvalue weighted by Gasteiger charge is 2.32. The van der Waals surface area contributed by atoms with Gasteiger partial charge in [0.05, 0.1) is 13.2 Å². The van der Waals surface area contributed by atoms with Crippen molar-refractivity contribution in [3.63, 3.8) is 0 Å². The van der Waals surface area contributed by atoms with Crippen molar-refractivity contribution in [1.29, 1.82) is 0 Å². The van der Waals surface area contributed by atoms with E-state index in [0.717, 1.165) is 38.5 Å². The smallest absolute Gasteiger partial charge is 0.247 e. The second kappa shape index (κ2) is 13.6. The Morgan fingerprint density at radius 1 is 1.16 bits per heavy atom. The molecule has 1 aliphatic rings. The van der Waals surface area contributed by atoms with E-state index in [-0.39, 0.29) is 29.8 Å². The molecule has 0 aliphatic heterocycles. The van der Waals surface area contributed by atoms with E-state index < -0.39 is 6.04 Å². The zero-order valence-corrected chi connectivity index (χ0v) is 20.7. The minimum absolute atomic E-state index is 0.0111. The molecule has 1 unspecified atom stereocenters. The van der Waals surface area contributed by atoms with Gasteiger partial charge in [0.2, 0.25) is 11.8 Å². The van der Waals surface area contributed by atoms with E-state index >= 15 is 0 Å². The maximum atomic E-state index is 13.6. The molecule has 1 aromatic rings. The van der Waals surface area contributed by atoms with E-state index in [1.807, 2.05) is 26.0 Å². The topological polar surface area (TPSA) is 67.9 Å². The van der Waals surface area contributed by atoms with Gasteiger partial charge in [0.25, 0.3) is 0 Å². The summed E-state index contributed by atoms with van der Waals surface area (Å²) in [5, 5.41) is 3.23. The van der Waals surface area contributed by atoms with E-state index in [9.17, 15) is 9.59 Å². The van der Waals surface area contributed by atoms with Crippen molar-refractivity contribution in [2.24, 2.45) is 0 Å². The molecule has 2 amide bonds. The van der Waals surface area contributed by atoms with Gasteiger partial charge in [-0.3, -0.25) is 9.59 Å². The molecule has 6 nitrogen and oxygen atoms in total. The molecule has 0 saturated heterocycles. The van der Waals surface area contributed by atoms with Gasteiger partial charge in [-0.2, -0.15) is 0 Å². The Bertz CT molecular complexity index is 733. The first-order valence-electron chi connectivity index (χ1n) is 11.9. The molecule has 1 saturated carbocycles. The average molecular weight is 467 g/mol. The first-order chi connectivity index (χ1) is 15.4. The Kier molecular flexibility index (Phi) is 11.1. The molecule has 0 bridgehead atoms.